The molecule has 0 bridgehead atoms. The van der Waals surface area contributed by atoms with Crippen molar-refractivity contribution in [2.45, 2.75) is 19.8 Å². The first-order valence-corrected chi connectivity index (χ1v) is 10.4. The van der Waals surface area contributed by atoms with Gasteiger partial charge in [-0.1, -0.05) is 18.2 Å². The molecule has 7 nitrogen and oxygen atoms in total. The van der Waals surface area contributed by atoms with Gasteiger partial charge in [0.2, 0.25) is 5.91 Å². The summed E-state index contributed by atoms with van der Waals surface area (Å²) in [5.74, 6) is -0.775. The number of rotatable bonds is 5. The zero-order valence-corrected chi connectivity index (χ0v) is 18.0. The molecule has 31 heavy (non-hydrogen) atoms. The van der Waals surface area contributed by atoms with E-state index in [1.807, 2.05) is 42.1 Å². The number of nitrogens with zero attached hydrogens (tertiary/aromatic N) is 3. The second-order valence-electron chi connectivity index (χ2n) is 8.04. The van der Waals surface area contributed by atoms with Crippen molar-refractivity contribution in [3.05, 3.63) is 59.8 Å². The molecule has 2 aromatic carbocycles. The Morgan fingerprint density at radius 2 is 1.65 bits per heavy atom. The molecule has 0 aromatic heterocycles. The molecule has 2 aliphatic rings. The number of imide groups is 1. The van der Waals surface area contributed by atoms with Gasteiger partial charge < -0.3 is 15.1 Å². The third kappa shape index (κ3) is 3.91. The molecule has 1 fully saturated rings. The standard InChI is InChI=1S/C24H26N4O3/c1-16(29)25-18-11-9-17(10-12-18)21-22(27-13-4-5-14-27)24(31)28(23(21)30)20-8-6-7-19(15-20)26(2)3/h6-12,15H,4-5,13-14H2,1-3H3,(H,25,29). The average Bonchev–Trinajstić information content (AvgIpc) is 3.34. The highest BCUT2D eigenvalue weighted by Gasteiger charge is 2.43. The number of hydrogen-bond donors (Lipinski definition) is 1. The summed E-state index contributed by atoms with van der Waals surface area (Å²) in [5.41, 5.74) is 3.66. The van der Waals surface area contributed by atoms with E-state index in [1.54, 1.807) is 30.3 Å². The fourth-order valence-corrected chi connectivity index (χ4v) is 4.08. The Morgan fingerprint density at radius 3 is 2.26 bits per heavy atom. The van der Waals surface area contributed by atoms with Crippen LogP contribution in [0.1, 0.15) is 25.3 Å². The van der Waals surface area contributed by atoms with Gasteiger partial charge in [-0.05, 0) is 48.7 Å². The number of carbonyl (C=O) groups is 3. The molecule has 0 atom stereocenters. The monoisotopic (exact) mass is 418 g/mol. The van der Waals surface area contributed by atoms with E-state index in [1.165, 1.54) is 11.8 Å². The van der Waals surface area contributed by atoms with E-state index in [-0.39, 0.29) is 17.7 Å². The van der Waals surface area contributed by atoms with E-state index in [9.17, 15) is 14.4 Å². The van der Waals surface area contributed by atoms with Crippen molar-refractivity contribution in [1.29, 1.82) is 0 Å². The maximum absolute atomic E-state index is 13.6. The Hall–Kier alpha value is -3.61. The number of benzene rings is 2. The van der Waals surface area contributed by atoms with Crippen LogP contribution in [0.3, 0.4) is 0 Å². The van der Waals surface area contributed by atoms with E-state index in [0.717, 1.165) is 31.6 Å². The molecular weight excluding hydrogens is 392 g/mol. The van der Waals surface area contributed by atoms with E-state index in [2.05, 4.69) is 5.32 Å². The average molecular weight is 418 g/mol. The lowest BCUT2D eigenvalue weighted by molar-refractivity contribution is -0.120. The first-order valence-electron chi connectivity index (χ1n) is 10.4. The lowest BCUT2D eigenvalue weighted by Crippen LogP contribution is -2.34. The fourth-order valence-electron chi connectivity index (χ4n) is 4.08. The van der Waals surface area contributed by atoms with Gasteiger partial charge in [-0.3, -0.25) is 14.4 Å². The number of likely N-dealkylation sites (tertiary alicyclic amines) is 1. The molecule has 0 aliphatic carbocycles. The molecule has 2 aromatic rings. The van der Waals surface area contributed by atoms with Crippen LogP contribution in [0.5, 0.6) is 0 Å². The number of hydrogen-bond acceptors (Lipinski definition) is 5. The highest BCUT2D eigenvalue weighted by atomic mass is 16.2. The Bertz CT molecular complexity index is 1070. The Kier molecular flexibility index (Phi) is 5.50. The Balaban J connectivity index is 1.77. The summed E-state index contributed by atoms with van der Waals surface area (Å²) in [7, 11) is 3.84. The van der Waals surface area contributed by atoms with Crippen LogP contribution in [-0.2, 0) is 14.4 Å². The SMILES string of the molecule is CC(=O)Nc1ccc(C2=C(N3CCCC3)C(=O)N(c3cccc(N(C)C)c3)C2=O)cc1. The van der Waals surface area contributed by atoms with E-state index in [4.69, 9.17) is 0 Å². The van der Waals surface area contributed by atoms with Crippen molar-refractivity contribution in [3.63, 3.8) is 0 Å². The molecule has 7 heteroatoms. The van der Waals surface area contributed by atoms with Crippen LogP contribution in [0.2, 0.25) is 0 Å². The molecule has 3 amide bonds. The summed E-state index contributed by atoms with van der Waals surface area (Å²) < 4.78 is 0. The molecular formula is C24H26N4O3. The number of amides is 3. The van der Waals surface area contributed by atoms with Gasteiger partial charge in [-0.25, -0.2) is 4.90 Å². The maximum Gasteiger partial charge on any atom is 0.282 e. The van der Waals surface area contributed by atoms with Crippen molar-refractivity contribution in [1.82, 2.24) is 4.90 Å². The first kappa shape index (κ1) is 20.7. The summed E-state index contributed by atoms with van der Waals surface area (Å²) in [6, 6.07) is 14.5. The van der Waals surface area contributed by atoms with Crippen LogP contribution in [0.15, 0.2) is 54.2 Å². The van der Waals surface area contributed by atoms with Gasteiger partial charge in [0, 0.05) is 45.5 Å². The second kappa shape index (κ2) is 8.26. The Labute approximate surface area is 181 Å². The van der Waals surface area contributed by atoms with Crippen molar-refractivity contribution >= 4 is 40.4 Å². The predicted molar refractivity (Wildman–Crippen MR) is 122 cm³/mol. The zero-order chi connectivity index (χ0) is 22.1. The minimum Gasteiger partial charge on any atom is -0.378 e. The second-order valence-corrected chi connectivity index (χ2v) is 8.04. The van der Waals surface area contributed by atoms with Crippen LogP contribution in [0, 0.1) is 0 Å². The van der Waals surface area contributed by atoms with Crippen molar-refractivity contribution < 1.29 is 14.4 Å². The molecule has 0 radical (unpaired) electrons. The highest BCUT2D eigenvalue weighted by Crippen LogP contribution is 2.37. The van der Waals surface area contributed by atoms with Crippen molar-refractivity contribution in [2.24, 2.45) is 0 Å². The van der Waals surface area contributed by atoms with Crippen LogP contribution in [0.4, 0.5) is 17.1 Å². The van der Waals surface area contributed by atoms with Gasteiger partial charge in [0.1, 0.15) is 5.70 Å². The first-order chi connectivity index (χ1) is 14.9. The molecule has 160 valence electrons. The summed E-state index contributed by atoms with van der Waals surface area (Å²) in [5, 5.41) is 2.73. The molecule has 0 saturated carbocycles. The zero-order valence-electron chi connectivity index (χ0n) is 18.0. The van der Waals surface area contributed by atoms with Crippen molar-refractivity contribution in [2.75, 3.05) is 42.3 Å². The van der Waals surface area contributed by atoms with Crippen LogP contribution in [0.25, 0.3) is 5.57 Å². The summed E-state index contributed by atoms with van der Waals surface area (Å²) in [4.78, 5) is 43.6. The van der Waals surface area contributed by atoms with Crippen LogP contribution >= 0.6 is 0 Å². The minimum atomic E-state index is -0.324. The largest absolute Gasteiger partial charge is 0.378 e. The molecule has 1 N–H and O–H groups in total. The lowest BCUT2D eigenvalue weighted by Gasteiger charge is -2.21. The third-order valence-corrected chi connectivity index (χ3v) is 5.58. The van der Waals surface area contributed by atoms with E-state index < -0.39 is 0 Å². The summed E-state index contributed by atoms with van der Waals surface area (Å²) in [6.07, 6.45) is 1.99. The summed E-state index contributed by atoms with van der Waals surface area (Å²) >= 11 is 0. The van der Waals surface area contributed by atoms with Gasteiger partial charge >= 0.3 is 0 Å². The predicted octanol–water partition coefficient (Wildman–Crippen LogP) is 3.09. The van der Waals surface area contributed by atoms with Crippen LogP contribution < -0.4 is 15.1 Å². The highest BCUT2D eigenvalue weighted by molar-refractivity contribution is 6.45. The Morgan fingerprint density at radius 1 is 0.968 bits per heavy atom. The molecule has 0 unspecified atom stereocenters. The van der Waals surface area contributed by atoms with Gasteiger partial charge in [-0.15, -0.1) is 0 Å². The lowest BCUT2D eigenvalue weighted by atomic mass is 10.0. The smallest absolute Gasteiger partial charge is 0.282 e. The minimum absolute atomic E-state index is 0.163. The molecule has 2 aliphatic heterocycles. The quantitative estimate of drug-likeness (QED) is 0.756. The molecule has 1 saturated heterocycles. The number of carbonyl (C=O) groups excluding carboxylic acids is 3. The fraction of sp³-hybridized carbons (Fsp3) is 0.292. The third-order valence-electron chi connectivity index (χ3n) is 5.58. The van der Waals surface area contributed by atoms with Gasteiger partial charge in [0.05, 0.1) is 11.3 Å². The molecule has 4 rings (SSSR count). The summed E-state index contributed by atoms with van der Waals surface area (Å²) in [6.45, 7) is 2.96. The van der Waals surface area contributed by atoms with E-state index in [0.29, 0.717) is 28.2 Å². The van der Waals surface area contributed by atoms with Gasteiger partial charge in [0.15, 0.2) is 0 Å². The maximum atomic E-state index is 13.6. The number of anilines is 3. The van der Waals surface area contributed by atoms with Gasteiger partial charge in [-0.2, -0.15) is 0 Å². The van der Waals surface area contributed by atoms with Crippen LogP contribution in [-0.4, -0.2) is 49.8 Å². The van der Waals surface area contributed by atoms with Gasteiger partial charge in [0.25, 0.3) is 11.8 Å². The molecule has 0 spiro atoms. The van der Waals surface area contributed by atoms with Crippen molar-refractivity contribution in [3.8, 4) is 0 Å². The topological polar surface area (TPSA) is 73.0 Å². The normalized spacial score (nSPS) is 16.4. The number of nitrogens with one attached hydrogen (secondary N) is 1. The van der Waals surface area contributed by atoms with E-state index >= 15 is 0 Å². The molecule has 2 heterocycles.